The van der Waals surface area contributed by atoms with Gasteiger partial charge in [0.15, 0.2) is 0 Å². The van der Waals surface area contributed by atoms with Crippen molar-refractivity contribution in [3.8, 4) is 0 Å². The van der Waals surface area contributed by atoms with E-state index >= 15 is 0 Å². The minimum atomic E-state index is -1.33. The summed E-state index contributed by atoms with van der Waals surface area (Å²) < 4.78 is 0. The van der Waals surface area contributed by atoms with Crippen LogP contribution in [-0.4, -0.2) is 58.3 Å². The molecule has 0 aromatic heterocycles. The number of nitrogens with zero attached hydrogens (tertiary/aromatic N) is 1. The van der Waals surface area contributed by atoms with E-state index in [1.54, 1.807) is 0 Å². The lowest BCUT2D eigenvalue weighted by Gasteiger charge is -2.34. The van der Waals surface area contributed by atoms with Crippen LogP contribution < -0.4 is 11.1 Å². The summed E-state index contributed by atoms with van der Waals surface area (Å²) in [6, 6.07) is -1.89. The molecule has 0 spiro atoms. The minimum Gasteiger partial charge on any atom is -0.480 e. The highest BCUT2D eigenvalue weighted by Crippen LogP contribution is 2.16. The molecule has 0 saturated carbocycles. The van der Waals surface area contributed by atoms with Crippen LogP contribution in [0.3, 0.4) is 0 Å². The Morgan fingerprint density at radius 3 is 2.58 bits per heavy atom. The number of carboxylic acid groups (broad SMARTS) is 1. The Kier molecular flexibility index (Phi) is 5.11. The van der Waals surface area contributed by atoms with Crippen LogP contribution in [0.5, 0.6) is 0 Å². The largest absolute Gasteiger partial charge is 0.480 e. The van der Waals surface area contributed by atoms with Gasteiger partial charge in [-0.1, -0.05) is 6.92 Å². The predicted molar refractivity (Wildman–Crippen MR) is 65.1 cm³/mol. The van der Waals surface area contributed by atoms with Crippen LogP contribution in [-0.2, 0) is 9.59 Å². The highest BCUT2D eigenvalue weighted by atomic mass is 16.4. The second kappa shape index (κ2) is 6.37. The van der Waals surface area contributed by atoms with Crippen LogP contribution in [0.4, 0.5) is 4.79 Å². The molecule has 1 aliphatic heterocycles. The van der Waals surface area contributed by atoms with Crippen molar-refractivity contribution in [2.75, 3.05) is 13.1 Å². The number of aliphatic hydroxyl groups excluding tert-OH is 1. The number of hydrogen-bond donors (Lipinski definition) is 4. The summed E-state index contributed by atoms with van der Waals surface area (Å²) in [4.78, 5) is 34.9. The highest BCUT2D eigenvalue weighted by molar-refractivity contribution is 5.87. The maximum Gasteiger partial charge on any atom is 0.326 e. The first kappa shape index (κ1) is 15.2. The van der Waals surface area contributed by atoms with Crippen molar-refractivity contribution in [3.05, 3.63) is 0 Å². The molecule has 108 valence electrons. The molecular weight excluding hydrogens is 254 g/mol. The zero-order chi connectivity index (χ0) is 14.6. The van der Waals surface area contributed by atoms with Crippen LogP contribution in [0.25, 0.3) is 0 Å². The molecule has 5 N–H and O–H groups in total. The fraction of sp³-hybridized carbons (Fsp3) is 0.727. The number of nitrogens with two attached hydrogens (primary N) is 1. The molecule has 0 aromatic carbocycles. The first-order valence-electron chi connectivity index (χ1n) is 6.06. The number of carbonyl (C=O) groups excluding carboxylic acids is 2. The van der Waals surface area contributed by atoms with Gasteiger partial charge in [0.25, 0.3) is 0 Å². The van der Waals surface area contributed by atoms with Gasteiger partial charge in [-0.05, 0) is 12.3 Å². The Bertz CT molecular complexity index is 373. The molecular formula is C11H19N3O5. The summed E-state index contributed by atoms with van der Waals surface area (Å²) in [5.41, 5.74) is 4.93. The second-order valence-electron chi connectivity index (χ2n) is 4.79. The normalized spacial score (nSPS) is 24.6. The summed E-state index contributed by atoms with van der Waals surface area (Å²) in [6.07, 6.45) is -0.458. The lowest BCUT2D eigenvalue weighted by Crippen LogP contribution is -2.53. The molecule has 1 fully saturated rings. The van der Waals surface area contributed by atoms with E-state index < -0.39 is 36.5 Å². The van der Waals surface area contributed by atoms with E-state index in [1.165, 1.54) is 4.90 Å². The van der Waals surface area contributed by atoms with Crippen molar-refractivity contribution in [3.63, 3.8) is 0 Å². The molecule has 1 rings (SSSR count). The molecule has 2 unspecified atom stereocenters. The number of nitrogens with one attached hydrogen (secondary N) is 1. The Labute approximate surface area is 110 Å². The van der Waals surface area contributed by atoms with Crippen LogP contribution in [0.2, 0.25) is 0 Å². The van der Waals surface area contributed by atoms with E-state index in [1.807, 2.05) is 6.92 Å². The van der Waals surface area contributed by atoms with Gasteiger partial charge in [-0.2, -0.15) is 0 Å². The fourth-order valence-corrected chi connectivity index (χ4v) is 1.96. The van der Waals surface area contributed by atoms with Gasteiger partial charge >= 0.3 is 12.0 Å². The van der Waals surface area contributed by atoms with Gasteiger partial charge in [-0.15, -0.1) is 0 Å². The maximum atomic E-state index is 11.9. The molecule has 0 aromatic rings. The van der Waals surface area contributed by atoms with E-state index in [9.17, 15) is 19.5 Å². The predicted octanol–water partition coefficient (Wildman–Crippen LogP) is -1.27. The zero-order valence-corrected chi connectivity index (χ0v) is 10.7. The summed E-state index contributed by atoms with van der Waals surface area (Å²) >= 11 is 0. The quantitative estimate of drug-likeness (QED) is 0.506. The average molecular weight is 273 g/mol. The molecule has 19 heavy (non-hydrogen) atoms. The number of likely N-dealkylation sites (tertiary alicyclic amines) is 1. The topological polar surface area (TPSA) is 133 Å². The molecule has 0 aliphatic carbocycles. The molecule has 0 bridgehead atoms. The molecule has 0 radical (unpaired) electrons. The molecule has 3 atom stereocenters. The third-order valence-corrected chi connectivity index (χ3v) is 3.15. The number of piperidine rings is 1. The number of rotatable bonds is 4. The van der Waals surface area contributed by atoms with Crippen LogP contribution in [0.1, 0.15) is 19.8 Å². The average Bonchev–Trinajstić information content (AvgIpc) is 2.31. The van der Waals surface area contributed by atoms with Crippen molar-refractivity contribution in [2.24, 2.45) is 11.7 Å². The summed E-state index contributed by atoms with van der Waals surface area (Å²) in [7, 11) is 0. The summed E-state index contributed by atoms with van der Waals surface area (Å²) in [6.45, 7) is 2.50. The Morgan fingerprint density at radius 2 is 2.11 bits per heavy atom. The van der Waals surface area contributed by atoms with E-state index in [2.05, 4.69) is 5.32 Å². The molecule has 1 aliphatic rings. The molecule has 1 saturated heterocycles. The number of aliphatic hydroxyl groups is 1. The van der Waals surface area contributed by atoms with Crippen LogP contribution in [0.15, 0.2) is 0 Å². The Morgan fingerprint density at radius 1 is 1.47 bits per heavy atom. The lowest BCUT2D eigenvalue weighted by molar-refractivity contribution is -0.141. The highest BCUT2D eigenvalue weighted by Gasteiger charge is 2.30. The molecule has 3 amide bonds. The van der Waals surface area contributed by atoms with Crippen LogP contribution >= 0.6 is 0 Å². The van der Waals surface area contributed by atoms with Gasteiger partial charge in [-0.25, -0.2) is 9.59 Å². The fourth-order valence-electron chi connectivity index (χ4n) is 1.96. The van der Waals surface area contributed by atoms with E-state index in [-0.39, 0.29) is 5.92 Å². The smallest absolute Gasteiger partial charge is 0.326 e. The zero-order valence-electron chi connectivity index (χ0n) is 10.7. The first-order chi connectivity index (χ1) is 8.81. The standard InChI is InChI=1S/C11H19N3O5/c1-6-5-14(3-2-8(6)15)11(19)13-7(10(17)18)4-9(12)16/h6-8,15H,2-5H2,1H3,(H2,12,16)(H,13,19)(H,17,18)/t6?,7-,8?/m1/s1. The van der Waals surface area contributed by atoms with Crippen molar-refractivity contribution >= 4 is 17.9 Å². The second-order valence-corrected chi connectivity index (χ2v) is 4.79. The number of amides is 3. The summed E-state index contributed by atoms with van der Waals surface area (Å²) in [5, 5.41) is 20.7. The number of aliphatic carboxylic acids is 1. The van der Waals surface area contributed by atoms with Gasteiger partial charge in [0.1, 0.15) is 6.04 Å². The van der Waals surface area contributed by atoms with Crippen LogP contribution in [0, 0.1) is 5.92 Å². The van der Waals surface area contributed by atoms with Crippen molar-refractivity contribution in [2.45, 2.75) is 31.9 Å². The lowest BCUT2D eigenvalue weighted by atomic mass is 9.97. The SMILES string of the molecule is CC1CN(C(=O)N[C@H](CC(N)=O)C(=O)O)CCC1O. The Balaban J connectivity index is 2.57. The molecule has 1 heterocycles. The molecule has 8 nitrogen and oxygen atoms in total. The van der Waals surface area contributed by atoms with Gasteiger partial charge in [0.2, 0.25) is 5.91 Å². The number of primary amides is 1. The van der Waals surface area contributed by atoms with Crippen molar-refractivity contribution in [1.29, 1.82) is 0 Å². The van der Waals surface area contributed by atoms with Crippen molar-refractivity contribution in [1.82, 2.24) is 10.2 Å². The first-order valence-corrected chi connectivity index (χ1v) is 6.06. The number of hydrogen-bond acceptors (Lipinski definition) is 4. The molecule has 8 heteroatoms. The van der Waals surface area contributed by atoms with Gasteiger partial charge < -0.3 is 26.2 Å². The number of carboxylic acids is 1. The van der Waals surface area contributed by atoms with Crippen molar-refractivity contribution < 1.29 is 24.6 Å². The van der Waals surface area contributed by atoms with E-state index in [0.717, 1.165) is 0 Å². The number of carbonyl (C=O) groups is 3. The van der Waals surface area contributed by atoms with Gasteiger partial charge in [0, 0.05) is 13.1 Å². The van der Waals surface area contributed by atoms with E-state index in [0.29, 0.717) is 19.5 Å². The maximum absolute atomic E-state index is 11.9. The van der Waals surface area contributed by atoms with Gasteiger partial charge in [-0.3, -0.25) is 4.79 Å². The third kappa shape index (κ3) is 4.40. The summed E-state index contributed by atoms with van der Waals surface area (Å²) in [5.74, 6) is -2.17. The third-order valence-electron chi connectivity index (χ3n) is 3.15. The van der Waals surface area contributed by atoms with E-state index in [4.69, 9.17) is 10.8 Å². The number of urea groups is 1. The van der Waals surface area contributed by atoms with Gasteiger partial charge in [0.05, 0.1) is 12.5 Å². The minimum absolute atomic E-state index is 0.0704. The Hall–Kier alpha value is -1.83. The monoisotopic (exact) mass is 273 g/mol.